The van der Waals surface area contributed by atoms with E-state index in [1.165, 1.54) is 60.5 Å². The van der Waals surface area contributed by atoms with Crippen molar-refractivity contribution in [1.82, 2.24) is 0 Å². The van der Waals surface area contributed by atoms with Crippen molar-refractivity contribution in [2.45, 2.75) is 0 Å². The minimum absolute atomic E-state index is 0.862. The van der Waals surface area contributed by atoms with Crippen LogP contribution >= 0.6 is 0 Å². The Hall–Kier alpha value is -8.46. The van der Waals surface area contributed by atoms with Crippen LogP contribution < -0.4 is 4.90 Å². The number of para-hydroxylation sites is 1. The maximum absolute atomic E-state index is 6.90. The Labute approximate surface area is 372 Å². The van der Waals surface area contributed by atoms with E-state index in [-0.39, 0.29) is 0 Å². The van der Waals surface area contributed by atoms with Gasteiger partial charge in [-0.05, 0) is 126 Å². The smallest absolute Gasteiger partial charge is 0.145 e. The first-order valence-corrected chi connectivity index (χ1v) is 21.9. The Morgan fingerprint density at radius 2 is 0.812 bits per heavy atom. The van der Waals surface area contributed by atoms with Crippen molar-refractivity contribution in [3.05, 3.63) is 249 Å². The van der Waals surface area contributed by atoms with Crippen molar-refractivity contribution in [3.8, 4) is 55.6 Å². The highest BCUT2D eigenvalue weighted by Gasteiger charge is 2.23. The fraction of sp³-hybridized carbons (Fsp3) is 0. The standard InChI is InChI=1S/C62H41NO/c1-2-14-42(15-3-1)48-20-12-21-50(41-48)55-24-9-8-22-53(55)46-32-36-52(37-33-46)63(51-34-30-44(31-35-51)49-29-28-43-16-4-5-18-47(43)40-49)59-39-38-57(56-26-13-19-45-17-6-7-23-54(45)56)62-61(59)58-25-10-11-27-60(58)64-62/h1-41H. The van der Waals surface area contributed by atoms with Crippen LogP contribution in [0.25, 0.3) is 99.1 Å². The van der Waals surface area contributed by atoms with E-state index >= 15 is 0 Å². The first kappa shape index (κ1) is 37.3. The number of furan rings is 1. The summed E-state index contributed by atoms with van der Waals surface area (Å²) in [5, 5.41) is 7.03. The zero-order chi connectivity index (χ0) is 42.4. The molecule has 0 atom stereocenters. The molecule has 64 heavy (non-hydrogen) atoms. The Kier molecular flexibility index (Phi) is 9.20. The van der Waals surface area contributed by atoms with Gasteiger partial charge in [-0.3, -0.25) is 0 Å². The fourth-order valence-electron chi connectivity index (χ4n) is 9.54. The van der Waals surface area contributed by atoms with Gasteiger partial charge < -0.3 is 9.32 Å². The Morgan fingerprint density at radius 1 is 0.281 bits per heavy atom. The molecule has 0 fully saturated rings. The average molecular weight is 816 g/mol. The van der Waals surface area contributed by atoms with Crippen molar-refractivity contribution in [2.75, 3.05) is 4.90 Å². The number of hydrogen-bond donors (Lipinski definition) is 0. The second-order valence-electron chi connectivity index (χ2n) is 16.4. The van der Waals surface area contributed by atoms with E-state index in [0.29, 0.717) is 0 Å². The molecular weight excluding hydrogens is 775 g/mol. The number of anilines is 3. The molecule has 0 aliphatic rings. The van der Waals surface area contributed by atoms with E-state index in [1.807, 2.05) is 0 Å². The van der Waals surface area contributed by atoms with Crippen molar-refractivity contribution < 1.29 is 4.42 Å². The lowest BCUT2D eigenvalue weighted by atomic mass is 9.92. The van der Waals surface area contributed by atoms with Gasteiger partial charge in [0, 0.05) is 22.3 Å². The van der Waals surface area contributed by atoms with E-state index in [9.17, 15) is 0 Å². The topological polar surface area (TPSA) is 16.4 Å². The number of fused-ring (bicyclic) bond motifs is 5. The largest absolute Gasteiger partial charge is 0.455 e. The third kappa shape index (κ3) is 6.61. The minimum Gasteiger partial charge on any atom is -0.455 e. The van der Waals surface area contributed by atoms with Gasteiger partial charge in [0.05, 0.1) is 11.1 Å². The van der Waals surface area contributed by atoms with Crippen molar-refractivity contribution in [3.63, 3.8) is 0 Å². The molecule has 12 aromatic rings. The summed E-state index contributed by atoms with van der Waals surface area (Å²) in [6.45, 7) is 0. The van der Waals surface area contributed by atoms with Gasteiger partial charge in [-0.25, -0.2) is 0 Å². The molecule has 0 spiro atoms. The highest BCUT2D eigenvalue weighted by Crippen LogP contribution is 2.47. The highest BCUT2D eigenvalue weighted by atomic mass is 16.3. The van der Waals surface area contributed by atoms with Gasteiger partial charge in [-0.15, -0.1) is 0 Å². The highest BCUT2D eigenvalue weighted by molar-refractivity contribution is 6.18. The quantitative estimate of drug-likeness (QED) is 0.152. The van der Waals surface area contributed by atoms with Crippen LogP contribution in [0.4, 0.5) is 17.1 Å². The van der Waals surface area contributed by atoms with Crippen LogP contribution in [0.3, 0.4) is 0 Å². The lowest BCUT2D eigenvalue weighted by molar-refractivity contribution is 0.670. The summed E-state index contributed by atoms with van der Waals surface area (Å²) < 4.78 is 6.90. The molecule has 300 valence electrons. The summed E-state index contributed by atoms with van der Waals surface area (Å²) in [6, 6.07) is 89.6. The summed E-state index contributed by atoms with van der Waals surface area (Å²) >= 11 is 0. The van der Waals surface area contributed by atoms with E-state index in [4.69, 9.17) is 4.42 Å². The summed E-state index contributed by atoms with van der Waals surface area (Å²) in [5.41, 5.74) is 16.6. The summed E-state index contributed by atoms with van der Waals surface area (Å²) in [7, 11) is 0. The second kappa shape index (κ2) is 15.8. The Morgan fingerprint density at radius 3 is 1.61 bits per heavy atom. The molecule has 0 N–H and O–H groups in total. The van der Waals surface area contributed by atoms with Crippen LogP contribution in [-0.2, 0) is 0 Å². The Bertz CT molecular complexity index is 3650. The minimum atomic E-state index is 0.862. The molecule has 0 saturated heterocycles. The second-order valence-corrected chi connectivity index (χ2v) is 16.4. The number of benzene rings is 11. The molecule has 1 aromatic heterocycles. The van der Waals surface area contributed by atoms with E-state index in [0.717, 1.165) is 55.7 Å². The Balaban J connectivity index is 1.01. The van der Waals surface area contributed by atoms with Crippen molar-refractivity contribution >= 4 is 60.5 Å². The molecular formula is C62H41NO. The molecule has 2 nitrogen and oxygen atoms in total. The van der Waals surface area contributed by atoms with Gasteiger partial charge in [-0.2, -0.15) is 0 Å². The molecule has 0 unspecified atom stereocenters. The molecule has 0 aliphatic heterocycles. The molecule has 1 heterocycles. The van der Waals surface area contributed by atoms with E-state index in [1.54, 1.807) is 0 Å². The van der Waals surface area contributed by atoms with Gasteiger partial charge >= 0.3 is 0 Å². The van der Waals surface area contributed by atoms with Crippen molar-refractivity contribution in [2.24, 2.45) is 0 Å². The first-order chi connectivity index (χ1) is 31.7. The van der Waals surface area contributed by atoms with Crippen molar-refractivity contribution in [1.29, 1.82) is 0 Å². The lowest BCUT2D eigenvalue weighted by Crippen LogP contribution is -2.10. The normalized spacial score (nSPS) is 11.4. The fourth-order valence-corrected chi connectivity index (χ4v) is 9.54. The number of nitrogens with zero attached hydrogens (tertiary/aromatic N) is 1. The summed E-state index contributed by atoms with van der Waals surface area (Å²) in [5.74, 6) is 0. The predicted octanol–water partition coefficient (Wildman–Crippen LogP) is 17.7. The van der Waals surface area contributed by atoms with Gasteiger partial charge in [0.2, 0.25) is 0 Å². The monoisotopic (exact) mass is 815 g/mol. The van der Waals surface area contributed by atoms with Crippen LogP contribution in [0.15, 0.2) is 253 Å². The summed E-state index contributed by atoms with van der Waals surface area (Å²) in [6.07, 6.45) is 0. The van der Waals surface area contributed by atoms with Crippen LogP contribution in [-0.4, -0.2) is 0 Å². The molecule has 2 heteroatoms. The number of rotatable bonds is 8. The predicted molar refractivity (Wildman–Crippen MR) is 271 cm³/mol. The zero-order valence-electron chi connectivity index (χ0n) is 35.0. The summed E-state index contributed by atoms with van der Waals surface area (Å²) in [4.78, 5) is 2.39. The third-order valence-corrected chi connectivity index (χ3v) is 12.7. The SMILES string of the molecule is c1ccc(-c2cccc(-c3ccccc3-c3ccc(N(c4ccc(-c5ccc6ccccc6c5)cc4)c4ccc(-c5cccc6ccccc56)c5oc6ccccc6c45)cc3)c2)cc1. The zero-order valence-corrected chi connectivity index (χ0v) is 35.0. The first-order valence-electron chi connectivity index (χ1n) is 21.9. The van der Waals surface area contributed by atoms with Crippen LogP contribution in [0.5, 0.6) is 0 Å². The molecule has 11 aromatic carbocycles. The van der Waals surface area contributed by atoms with E-state index in [2.05, 4.69) is 254 Å². The number of hydrogen-bond acceptors (Lipinski definition) is 2. The van der Waals surface area contributed by atoms with Gasteiger partial charge in [0.15, 0.2) is 0 Å². The van der Waals surface area contributed by atoms with Crippen LogP contribution in [0, 0.1) is 0 Å². The van der Waals surface area contributed by atoms with Gasteiger partial charge in [0.25, 0.3) is 0 Å². The molecule has 0 radical (unpaired) electrons. The van der Waals surface area contributed by atoms with Gasteiger partial charge in [0.1, 0.15) is 11.2 Å². The average Bonchev–Trinajstić information content (AvgIpc) is 3.77. The van der Waals surface area contributed by atoms with Gasteiger partial charge in [-0.1, -0.05) is 194 Å². The molecule has 0 amide bonds. The molecule has 0 bridgehead atoms. The molecule has 0 aliphatic carbocycles. The molecule has 12 rings (SSSR count). The third-order valence-electron chi connectivity index (χ3n) is 12.7. The van der Waals surface area contributed by atoms with E-state index < -0.39 is 0 Å². The maximum atomic E-state index is 6.90. The van der Waals surface area contributed by atoms with Crippen LogP contribution in [0.1, 0.15) is 0 Å². The van der Waals surface area contributed by atoms with Crippen LogP contribution in [0.2, 0.25) is 0 Å². The maximum Gasteiger partial charge on any atom is 0.145 e. The lowest BCUT2D eigenvalue weighted by Gasteiger charge is -2.27. The molecule has 0 saturated carbocycles.